The molecule has 0 spiro atoms. The van der Waals surface area contributed by atoms with Crippen molar-refractivity contribution in [1.82, 2.24) is 0 Å². The van der Waals surface area contributed by atoms with Gasteiger partial charge < -0.3 is 10.6 Å². The van der Waals surface area contributed by atoms with Crippen molar-refractivity contribution in [2.75, 3.05) is 11.4 Å². The van der Waals surface area contributed by atoms with Crippen molar-refractivity contribution in [3.05, 3.63) is 30.1 Å². The number of nitrogens with zero attached hydrogens (tertiary/aromatic N) is 1. The Morgan fingerprint density at radius 3 is 2.75 bits per heavy atom. The van der Waals surface area contributed by atoms with E-state index in [0.29, 0.717) is 12.2 Å². The van der Waals surface area contributed by atoms with Crippen LogP contribution >= 0.6 is 12.2 Å². The van der Waals surface area contributed by atoms with E-state index in [4.69, 9.17) is 5.73 Å². The number of carbonyl (C=O) groups excluding carboxylic acids is 1. The maximum absolute atomic E-state index is 13.0. The van der Waals surface area contributed by atoms with Crippen LogP contribution in [0.4, 0.5) is 10.1 Å². The summed E-state index contributed by atoms with van der Waals surface area (Å²) in [5.41, 5.74) is 5.82. The molecule has 0 radical (unpaired) electrons. The molecule has 0 atom stereocenters. The van der Waals surface area contributed by atoms with Crippen LogP contribution < -0.4 is 10.6 Å². The van der Waals surface area contributed by atoms with Crippen LogP contribution in [-0.4, -0.2) is 17.4 Å². The van der Waals surface area contributed by atoms with Gasteiger partial charge in [0.2, 0.25) is 5.91 Å². The fourth-order valence-electron chi connectivity index (χ4n) is 1.39. The third-order valence-corrected chi connectivity index (χ3v) is 2.21. The zero-order valence-electron chi connectivity index (χ0n) is 8.94. The first-order chi connectivity index (χ1) is 7.54. The van der Waals surface area contributed by atoms with Crippen LogP contribution in [0.5, 0.6) is 0 Å². The molecule has 0 saturated heterocycles. The molecule has 1 aromatic rings. The van der Waals surface area contributed by atoms with Gasteiger partial charge in [-0.2, -0.15) is 0 Å². The number of thiocarbonyl (C=S) groups is 1. The van der Waals surface area contributed by atoms with Crippen LogP contribution in [0.15, 0.2) is 24.3 Å². The number of benzene rings is 1. The van der Waals surface area contributed by atoms with Gasteiger partial charge in [0.1, 0.15) is 5.82 Å². The fourth-order valence-corrected chi connectivity index (χ4v) is 1.51. The van der Waals surface area contributed by atoms with E-state index in [1.54, 1.807) is 12.1 Å². The van der Waals surface area contributed by atoms with Crippen LogP contribution in [0.3, 0.4) is 0 Å². The smallest absolute Gasteiger partial charge is 0.233 e. The highest BCUT2D eigenvalue weighted by atomic mass is 32.1. The molecule has 5 heteroatoms. The lowest BCUT2D eigenvalue weighted by atomic mass is 10.2. The van der Waals surface area contributed by atoms with Crippen molar-refractivity contribution in [3.8, 4) is 0 Å². The molecule has 0 heterocycles. The van der Waals surface area contributed by atoms with E-state index in [-0.39, 0.29) is 23.1 Å². The summed E-state index contributed by atoms with van der Waals surface area (Å²) in [6, 6.07) is 5.86. The Morgan fingerprint density at radius 2 is 2.25 bits per heavy atom. The van der Waals surface area contributed by atoms with Gasteiger partial charge in [0.15, 0.2) is 0 Å². The van der Waals surface area contributed by atoms with Crippen molar-refractivity contribution < 1.29 is 9.18 Å². The van der Waals surface area contributed by atoms with Crippen LogP contribution in [0.1, 0.15) is 13.3 Å². The molecule has 0 aliphatic rings. The lowest BCUT2D eigenvalue weighted by Crippen LogP contribution is -2.33. The topological polar surface area (TPSA) is 46.3 Å². The Hall–Kier alpha value is -1.49. The molecule has 0 aromatic heterocycles. The second kappa shape index (κ2) is 5.55. The molecule has 0 unspecified atom stereocenters. The number of nitrogens with two attached hydrogens (primary N) is 1. The highest BCUT2D eigenvalue weighted by Gasteiger charge is 2.14. The SMILES string of the molecule is CCN(C(=O)CC(N)=S)c1cccc(F)c1. The molecule has 0 saturated carbocycles. The summed E-state index contributed by atoms with van der Waals surface area (Å²) in [5, 5.41) is 0. The van der Waals surface area contributed by atoms with E-state index in [1.165, 1.54) is 17.0 Å². The van der Waals surface area contributed by atoms with Crippen LogP contribution in [0.2, 0.25) is 0 Å². The number of amides is 1. The monoisotopic (exact) mass is 240 g/mol. The molecule has 1 amide bonds. The van der Waals surface area contributed by atoms with Gasteiger partial charge >= 0.3 is 0 Å². The molecule has 1 aromatic carbocycles. The van der Waals surface area contributed by atoms with Crippen molar-refractivity contribution in [2.24, 2.45) is 5.73 Å². The second-order valence-corrected chi connectivity index (χ2v) is 3.79. The highest BCUT2D eigenvalue weighted by Crippen LogP contribution is 2.16. The Labute approximate surface area is 99.0 Å². The molecule has 3 nitrogen and oxygen atoms in total. The minimum atomic E-state index is -0.376. The van der Waals surface area contributed by atoms with E-state index < -0.39 is 0 Å². The van der Waals surface area contributed by atoms with Crippen molar-refractivity contribution in [2.45, 2.75) is 13.3 Å². The predicted molar refractivity (Wildman–Crippen MR) is 65.8 cm³/mol. The third-order valence-electron chi connectivity index (χ3n) is 2.06. The minimum absolute atomic E-state index is 0.000311. The van der Waals surface area contributed by atoms with Gasteiger partial charge in [0.25, 0.3) is 0 Å². The van der Waals surface area contributed by atoms with Crippen LogP contribution in [-0.2, 0) is 4.79 Å². The third kappa shape index (κ3) is 3.27. The van der Waals surface area contributed by atoms with E-state index in [2.05, 4.69) is 12.2 Å². The summed E-state index contributed by atoms with van der Waals surface area (Å²) in [5.74, 6) is -0.598. The summed E-state index contributed by atoms with van der Waals surface area (Å²) < 4.78 is 13.0. The lowest BCUT2D eigenvalue weighted by Gasteiger charge is -2.20. The van der Waals surface area contributed by atoms with E-state index in [1.807, 2.05) is 6.92 Å². The van der Waals surface area contributed by atoms with Crippen molar-refractivity contribution in [1.29, 1.82) is 0 Å². The number of hydrogen-bond donors (Lipinski definition) is 1. The number of anilines is 1. The zero-order chi connectivity index (χ0) is 12.1. The van der Waals surface area contributed by atoms with Crippen LogP contribution in [0.25, 0.3) is 0 Å². The summed E-state index contributed by atoms with van der Waals surface area (Å²) in [6.07, 6.45) is -0.000311. The Bertz CT molecular complexity index is 409. The fraction of sp³-hybridized carbons (Fsp3) is 0.273. The number of rotatable bonds is 4. The molecule has 0 fully saturated rings. The van der Waals surface area contributed by atoms with Gasteiger partial charge in [-0.3, -0.25) is 4.79 Å². The largest absolute Gasteiger partial charge is 0.393 e. The van der Waals surface area contributed by atoms with Crippen molar-refractivity contribution >= 4 is 28.8 Å². The average Bonchev–Trinajstić information content (AvgIpc) is 2.17. The maximum atomic E-state index is 13.0. The Morgan fingerprint density at radius 1 is 1.56 bits per heavy atom. The van der Waals surface area contributed by atoms with Gasteiger partial charge in [-0.05, 0) is 25.1 Å². The Kier molecular flexibility index (Phi) is 4.37. The van der Waals surface area contributed by atoms with Gasteiger partial charge in [0, 0.05) is 12.2 Å². The summed E-state index contributed by atoms with van der Waals surface area (Å²) >= 11 is 4.67. The first-order valence-corrected chi connectivity index (χ1v) is 5.29. The van der Waals surface area contributed by atoms with Gasteiger partial charge in [0.05, 0.1) is 11.4 Å². The maximum Gasteiger partial charge on any atom is 0.233 e. The minimum Gasteiger partial charge on any atom is -0.393 e. The molecule has 86 valence electrons. The van der Waals surface area contributed by atoms with E-state index in [9.17, 15) is 9.18 Å². The highest BCUT2D eigenvalue weighted by molar-refractivity contribution is 7.80. The van der Waals surface area contributed by atoms with Crippen molar-refractivity contribution in [3.63, 3.8) is 0 Å². The normalized spacial score (nSPS) is 9.88. The molecule has 16 heavy (non-hydrogen) atoms. The van der Waals surface area contributed by atoms with Gasteiger partial charge in [-0.15, -0.1) is 0 Å². The number of carbonyl (C=O) groups is 1. The molecular weight excluding hydrogens is 227 g/mol. The first kappa shape index (κ1) is 12.6. The quantitative estimate of drug-likeness (QED) is 0.817. The van der Waals surface area contributed by atoms with Gasteiger partial charge in [-0.25, -0.2) is 4.39 Å². The molecule has 1 rings (SSSR count). The van der Waals surface area contributed by atoms with E-state index >= 15 is 0 Å². The number of halogens is 1. The predicted octanol–water partition coefficient (Wildman–Crippen LogP) is 1.85. The molecule has 0 aliphatic heterocycles. The Balaban J connectivity index is 2.89. The average molecular weight is 240 g/mol. The zero-order valence-corrected chi connectivity index (χ0v) is 9.76. The standard InChI is InChI=1S/C11H13FN2OS/c1-2-14(11(15)7-10(13)16)9-5-3-4-8(12)6-9/h3-6H,2,7H2,1H3,(H2,13,16). The molecule has 0 bridgehead atoms. The first-order valence-electron chi connectivity index (χ1n) is 4.88. The van der Waals surface area contributed by atoms with E-state index in [0.717, 1.165) is 0 Å². The summed E-state index contributed by atoms with van der Waals surface area (Å²) in [7, 11) is 0. The molecule has 2 N–H and O–H groups in total. The number of hydrogen-bond acceptors (Lipinski definition) is 2. The summed E-state index contributed by atoms with van der Waals surface area (Å²) in [6.45, 7) is 2.26. The molecule has 0 aliphatic carbocycles. The second-order valence-electron chi connectivity index (χ2n) is 3.26. The van der Waals surface area contributed by atoms with Crippen LogP contribution in [0, 0.1) is 5.82 Å². The van der Waals surface area contributed by atoms with Gasteiger partial charge in [-0.1, -0.05) is 18.3 Å². The molecular formula is C11H13FN2OS. The summed E-state index contributed by atoms with van der Waals surface area (Å²) in [4.78, 5) is 13.3. The lowest BCUT2D eigenvalue weighted by molar-refractivity contribution is -0.117.